The summed E-state index contributed by atoms with van der Waals surface area (Å²) in [4.78, 5) is 0. The van der Waals surface area contributed by atoms with E-state index in [9.17, 15) is 46.0 Å². The van der Waals surface area contributed by atoms with E-state index in [1.165, 1.54) is 54.6 Å². The molecule has 0 aliphatic rings. The summed E-state index contributed by atoms with van der Waals surface area (Å²) in [6.07, 6.45) is 0. The average Bonchev–Trinajstić information content (AvgIpc) is 3.26. The molecule has 0 aliphatic carbocycles. The third-order valence-corrected chi connectivity index (χ3v) is 11.3. The lowest BCUT2D eigenvalue weighted by Crippen LogP contribution is -1.96. The van der Waals surface area contributed by atoms with Gasteiger partial charge in [-0.25, -0.2) is 0 Å². The van der Waals surface area contributed by atoms with Crippen molar-refractivity contribution in [1.82, 2.24) is 0 Å². The molecule has 0 amide bonds. The van der Waals surface area contributed by atoms with Gasteiger partial charge in [0.1, 0.15) is 51.7 Å². The fourth-order valence-corrected chi connectivity index (χ4v) is 8.62. The van der Waals surface area contributed by atoms with Gasteiger partial charge in [0.2, 0.25) is 0 Å². The van der Waals surface area contributed by atoms with Crippen LogP contribution in [0.25, 0.3) is 89.0 Å². The van der Waals surface area contributed by atoms with Crippen molar-refractivity contribution < 1.29 is 46.0 Å². The summed E-state index contributed by atoms with van der Waals surface area (Å²) >= 11 is 0. The predicted octanol–water partition coefficient (Wildman–Crippen LogP) is 12.4. The first-order valence-corrected chi connectivity index (χ1v) is 19.9. The Morgan fingerprint density at radius 2 is 0.317 bits per heavy atom. The lowest BCUT2D eigenvalue weighted by molar-refractivity contribution is 0.468. The van der Waals surface area contributed by atoms with Gasteiger partial charge >= 0.3 is 0 Å². The maximum Gasteiger partial charge on any atom is 0.124 e. The molecule has 0 saturated carbocycles. The maximum absolute atomic E-state index is 12.0. The highest BCUT2D eigenvalue weighted by molar-refractivity contribution is 6.07. The second-order valence-corrected chi connectivity index (χ2v) is 14.9. The molecule has 9 rings (SSSR count). The normalized spacial score (nSPS) is 11.1. The van der Waals surface area contributed by atoms with Gasteiger partial charge < -0.3 is 46.0 Å². The molecule has 0 fully saturated rings. The predicted molar refractivity (Wildman–Crippen MR) is 245 cm³/mol. The Bertz CT molecular complexity index is 3240. The zero-order chi connectivity index (χ0) is 43.9. The van der Waals surface area contributed by atoms with E-state index in [-0.39, 0.29) is 96.3 Å². The molecule has 0 spiro atoms. The highest BCUT2D eigenvalue weighted by Crippen LogP contribution is 2.56. The topological polar surface area (TPSA) is 182 Å². The maximum atomic E-state index is 12.0. The minimum absolute atomic E-state index is 0.0242. The molecule has 63 heavy (non-hydrogen) atoms. The van der Waals surface area contributed by atoms with Crippen LogP contribution in [0, 0.1) is 0 Å². The van der Waals surface area contributed by atoms with Gasteiger partial charge in [-0.3, -0.25) is 0 Å². The molecule has 0 radical (unpaired) electrons. The first-order chi connectivity index (χ1) is 30.5. The lowest BCUT2D eigenvalue weighted by Gasteiger charge is -2.23. The van der Waals surface area contributed by atoms with Crippen molar-refractivity contribution in [3.05, 3.63) is 176 Å². The van der Waals surface area contributed by atoms with E-state index in [2.05, 4.69) is 0 Å². The molecule has 0 unspecified atom stereocenters. The quantitative estimate of drug-likeness (QED) is 0.0719. The van der Waals surface area contributed by atoms with E-state index in [1.807, 2.05) is 0 Å². The van der Waals surface area contributed by atoms with Crippen molar-refractivity contribution in [3.8, 4) is 141 Å². The Labute approximate surface area is 361 Å². The van der Waals surface area contributed by atoms with Gasteiger partial charge in [0, 0.05) is 50.1 Å². The molecule has 9 nitrogen and oxygen atoms in total. The van der Waals surface area contributed by atoms with E-state index in [1.54, 1.807) is 121 Å². The largest absolute Gasteiger partial charge is 0.507 e. The van der Waals surface area contributed by atoms with Crippen LogP contribution < -0.4 is 0 Å². The van der Waals surface area contributed by atoms with Crippen LogP contribution in [0.4, 0.5) is 0 Å². The SMILES string of the molecule is Oc1ccccc1-c1cccc(O)c1-c1cccc(O)c1-c1cccc(O)c1-c1cccc(O)c1-c1cccc(O)c1-c1cccc(O)c1-c1cccc(O)c1-c1ccccc1O. The molecule has 0 saturated heterocycles. The molecule has 0 atom stereocenters. The van der Waals surface area contributed by atoms with Crippen LogP contribution in [0.1, 0.15) is 0 Å². The number of aromatic hydroxyl groups is 9. The van der Waals surface area contributed by atoms with Crippen molar-refractivity contribution in [2.24, 2.45) is 0 Å². The molecule has 0 aliphatic heterocycles. The molecule has 308 valence electrons. The van der Waals surface area contributed by atoms with Gasteiger partial charge in [0.15, 0.2) is 0 Å². The Morgan fingerprint density at radius 1 is 0.143 bits per heavy atom. The van der Waals surface area contributed by atoms with Crippen molar-refractivity contribution in [2.75, 3.05) is 0 Å². The summed E-state index contributed by atoms with van der Waals surface area (Å²) in [5, 5.41) is 104. The standard InChI is InChI=1S/C54H38O9/c55-39-21-3-1-12-30(39)31-14-5-23-41(57)48(31)33-15-6-25-43(59)50(33)35-17-8-27-45(61)52(35)37-19-10-29-47(63)54(37)38-20-11-28-46(62)53(38)36-18-9-26-44(60)51(36)34-16-7-24-42(58)49(34)32-13-2-4-22-40(32)56/h1-29,55-63H. The molecular formula is C54H38O9. The molecule has 0 bridgehead atoms. The van der Waals surface area contributed by atoms with Crippen LogP contribution in [0.5, 0.6) is 51.7 Å². The Balaban J connectivity index is 1.31. The van der Waals surface area contributed by atoms with E-state index in [0.29, 0.717) is 44.5 Å². The lowest BCUT2D eigenvalue weighted by atomic mass is 9.81. The van der Waals surface area contributed by atoms with Gasteiger partial charge in [-0.15, -0.1) is 0 Å². The molecule has 0 heterocycles. The zero-order valence-electron chi connectivity index (χ0n) is 33.3. The Kier molecular flexibility index (Phi) is 10.1. The minimum atomic E-state index is -0.234. The third kappa shape index (κ3) is 6.79. The zero-order valence-corrected chi connectivity index (χ0v) is 33.3. The first-order valence-electron chi connectivity index (χ1n) is 19.9. The average molecular weight is 831 g/mol. The number of benzene rings is 9. The monoisotopic (exact) mass is 830 g/mol. The molecule has 0 aromatic heterocycles. The molecule has 9 N–H and O–H groups in total. The second kappa shape index (κ2) is 16.0. The van der Waals surface area contributed by atoms with Gasteiger partial charge in [-0.1, -0.05) is 121 Å². The molecule has 9 heteroatoms. The summed E-state index contributed by atoms with van der Waals surface area (Å²) in [5.41, 5.74) is 4.60. The highest BCUT2D eigenvalue weighted by atomic mass is 16.3. The molecule has 9 aromatic carbocycles. The van der Waals surface area contributed by atoms with Crippen molar-refractivity contribution in [1.29, 1.82) is 0 Å². The van der Waals surface area contributed by atoms with Crippen LogP contribution in [0.3, 0.4) is 0 Å². The van der Waals surface area contributed by atoms with Gasteiger partial charge in [-0.05, 0) is 93.5 Å². The summed E-state index contributed by atoms with van der Waals surface area (Å²) in [6.45, 7) is 0. The first kappa shape index (κ1) is 39.6. The van der Waals surface area contributed by atoms with Crippen molar-refractivity contribution in [2.45, 2.75) is 0 Å². The van der Waals surface area contributed by atoms with E-state index in [4.69, 9.17) is 0 Å². The highest BCUT2D eigenvalue weighted by Gasteiger charge is 2.28. The minimum Gasteiger partial charge on any atom is -0.507 e. The number of phenols is 9. The fraction of sp³-hybridized carbons (Fsp3) is 0. The van der Waals surface area contributed by atoms with Crippen molar-refractivity contribution >= 4 is 0 Å². The molecule has 9 aromatic rings. The second-order valence-electron chi connectivity index (χ2n) is 14.9. The summed E-state index contributed by atoms with van der Waals surface area (Å²) < 4.78 is 0. The number of phenolic OH excluding ortho intramolecular Hbond substituents is 9. The van der Waals surface area contributed by atoms with Gasteiger partial charge in [0.05, 0.1) is 0 Å². The number of para-hydroxylation sites is 2. The molecular weight excluding hydrogens is 793 g/mol. The van der Waals surface area contributed by atoms with E-state index in [0.717, 1.165) is 0 Å². The van der Waals surface area contributed by atoms with Crippen LogP contribution in [0.15, 0.2) is 176 Å². The smallest absolute Gasteiger partial charge is 0.124 e. The van der Waals surface area contributed by atoms with E-state index >= 15 is 0 Å². The van der Waals surface area contributed by atoms with E-state index < -0.39 is 0 Å². The van der Waals surface area contributed by atoms with Gasteiger partial charge in [-0.2, -0.15) is 0 Å². The number of hydrogen-bond donors (Lipinski definition) is 9. The van der Waals surface area contributed by atoms with Crippen LogP contribution >= 0.6 is 0 Å². The fourth-order valence-electron chi connectivity index (χ4n) is 8.62. The number of rotatable bonds is 8. The number of hydrogen-bond acceptors (Lipinski definition) is 9. The Hall–Kier alpha value is -8.82. The van der Waals surface area contributed by atoms with Crippen LogP contribution in [0.2, 0.25) is 0 Å². The summed E-state index contributed by atoms with van der Waals surface area (Å²) in [6, 6.07) is 46.7. The van der Waals surface area contributed by atoms with Crippen LogP contribution in [-0.4, -0.2) is 46.0 Å². The van der Waals surface area contributed by atoms with Crippen LogP contribution in [-0.2, 0) is 0 Å². The Morgan fingerprint density at radius 3 is 0.587 bits per heavy atom. The summed E-state index contributed by atoms with van der Waals surface area (Å²) in [5.74, 6) is -1.52. The van der Waals surface area contributed by atoms with Crippen molar-refractivity contribution in [3.63, 3.8) is 0 Å². The third-order valence-electron chi connectivity index (χ3n) is 11.3. The van der Waals surface area contributed by atoms with Gasteiger partial charge in [0.25, 0.3) is 0 Å². The summed E-state index contributed by atoms with van der Waals surface area (Å²) in [7, 11) is 0.